The number of amides is 1. The highest BCUT2D eigenvalue weighted by molar-refractivity contribution is 6.30. The second-order valence-electron chi connectivity index (χ2n) is 13.0. The van der Waals surface area contributed by atoms with Gasteiger partial charge < -0.3 is 14.2 Å². The Bertz CT molecular complexity index is 1370. The molecule has 0 N–H and O–H groups in total. The van der Waals surface area contributed by atoms with Gasteiger partial charge in [-0.25, -0.2) is 9.18 Å². The van der Waals surface area contributed by atoms with Crippen molar-refractivity contribution in [3.8, 4) is 0 Å². The molecule has 0 aromatic heterocycles. The lowest BCUT2D eigenvalue weighted by atomic mass is 9.75. The van der Waals surface area contributed by atoms with Gasteiger partial charge in [-0.1, -0.05) is 41.0 Å². The molecule has 9 nitrogen and oxygen atoms in total. The summed E-state index contributed by atoms with van der Waals surface area (Å²) in [6.45, 7) is 10.4. The van der Waals surface area contributed by atoms with Gasteiger partial charge in [-0.2, -0.15) is 0 Å². The summed E-state index contributed by atoms with van der Waals surface area (Å²) in [6, 6.07) is 10.6. The number of Topliss-reactive ketones (excluding diaryl/α,β-unsaturated/α-hetero) is 1. The molecule has 0 aliphatic carbocycles. The number of ketones is 1. The van der Waals surface area contributed by atoms with Crippen molar-refractivity contribution in [2.75, 3.05) is 19.8 Å². The van der Waals surface area contributed by atoms with Crippen LogP contribution in [0.25, 0.3) is 10.4 Å². The van der Waals surface area contributed by atoms with E-state index in [0.29, 0.717) is 35.8 Å². The van der Waals surface area contributed by atoms with Crippen LogP contribution in [-0.2, 0) is 31.8 Å². The predicted molar refractivity (Wildman–Crippen MR) is 166 cm³/mol. The second kappa shape index (κ2) is 14.3. The first-order chi connectivity index (χ1) is 20.8. The van der Waals surface area contributed by atoms with Crippen LogP contribution in [0.2, 0.25) is 5.02 Å². The molecule has 2 aromatic rings. The molecule has 4 rings (SSSR count). The van der Waals surface area contributed by atoms with Crippen molar-refractivity contribution in [2.24, 2.45) is 11.0 Å². The summed E-state index contributed by atoms with van der Waals surface area (Å²) < 4.78 is 32.5. The van der Waals surface area contributed by atoms with E-state index in [1.165, 1.54) is 6.07 Å². The van der Waals surface area contributed by atoms with Crippen LogP contribution in [0.4, 0.5) is 9.18 Å². The fourth-order valence-corrected chi connectivity index (χ4v) is 6.42. The molecule has 2 aliphatic rings. The van der Waals surface area contributed by atoms with Crippen molar-refractivity contribution in [3.05, 3.63) is 80.4 Å². The number of hydrogen-bond donors (Lipinski definition) is 0. The number of halogens is 2. The van der Waals surface area contributed by atoms with Gasteiger partial charge in [0, 0.05) is 35.5 Å². The SMILES string of the molecule is CC(C)(C)OC(=O)N1[C@@H](CCc2c(F)cccc2CC(=O)[C@@H](N=[N+]=[N-])[C@@H](c2ccc(Cl)cc2)C2CCOCC2)COC1(C)C. The van der Waals surface area contributed by atoms with Crippen LogP contribution in [0.5, 0.6) is 0 Å². The van der Waals surface area contributed by atoms with Crippen molar-refractivity contribution < 1.29 is 28.2 Å². The van der Waals surface area contributed by atoms with Crippen LogP contribution in [0.15, 0.2) is 47.6 Å². The van der Waals surface area contributed by atoms with E-state index in [2.05, 4.69) is 10.0 Å². The fraction of sp³-hybridized carbons (Fsp3) is 0.576. The maximum atomic E-state index is 15.3. The smallest absolute Gasteiger partial charge is 0.412 e. The molecule has 0 saturated carbocycles. The molecule has 2 aliphatic heterocycles. The van der Waals surface area contributed by atoms with E-state index in [9.17, 15) is 15.1 Å². The summed E-state index contributed by atoms with van der Waals surface area (Å²) >= 11 is 6.15. The van der Waals surface area contributed by atoms with Crippen molar-refractivity contribution in [3.63, 3.8) is 0 Å². The van der Waals surface area contributed by atoms with E-state index >= 15 is 4.39 Å². The molecule has 0 unspecified atom stereocenters. The van der Waals surface area contributed by atoms with Crippen LogP contribution in [-0.4, -0.2) is 60.0 Å². The molecule has 0 spiro atoms. The minimum absolute atomic E-state index is 0.0564. The molecule has 2 saturated heterocycles. The van der Waals surface area contributed by atoms with Gasteiger partial charge in [0.05, 0.1) is 12.6 Å². The van der Waals surface area contributed by atoms with Gasteiger partial charge >= 0.3 is 6.09 Å². The zero-order valence-corrected chi connectivity index (χ0v) is 26.8. The summed E-state index contributed by atoms with van der Waals surface area (Å²) in [4.78, 5) is 31.7. The third kappa shape index (κ3) is 8.30. The summed E-state index contributed by atoms with van der Waals surface area (Å²) in [6.07, 6.45) is 1.51. The second-order valence-corrected chi connectivity index (χ2v) is 13.4. The molecule has 238 valence electrons. The van der Waals surface area contributed by atoms with E-state index < -0.39 is 29.3 Å². The molecule has 11 heteroatoms. The first kappa shape index (κ1) is 33.7. The van der Waals surface area contributed by atoms with Gasteiger partial charge in [-0.05, 0) is 107 Å². The molecule has 3 atom stereocenters. The van der Waals surface area contributed by atoms with Crippen molar-refractivity contribution in [1.29, 1.82) is 0 Å². The Kier molecular flexibility index (Phi) is 10.9. The Morgan fingerprint density at radius 2 is 1.86 bits per heavy atom. The van der Waals surface area contributed by atoms with Crippen molar-refractivity contribution >= 4 is 23.5 Å². The normalized spacial score (nSPS) is 20.1. The Morgan fingerprint density at radius 1 is 1.18 bits per heavy atom. The highest BCUT2D eigenvalue weighted by Crippen LogP contribution is 2.38. The maximum absolute atomic E-state index is 15.3. The molecule has 0 bridgehead atoms. The highest BCUT2D eigenvalue weighted by atomic mass is 35.5. The summed E-state index contributed by atoms with van der Waals surface area (Å²) in [7, 11) is 0. The van der Waals surface area contributed by atoms with Gasteiger partial charge in [0.15, 0.2) is 0 Å². The van der Waals surface area contributed by atoms with Gasteiger partial charge in [0.2, 0.25) is 0 Å². The van der Waals surface area contributed by atoms with E-state index in [1.54, 1.807) is 63.8 Å². The van der Waals surface area contributed by atoms with Crippen LogP contribution in [0.3, 0.4) is 0 Å². The summed E-state index contributed by atoms with van der Waals surface area (Å²) in [5.74, 6) is -1.05. The Hall–Kier alpha value is -3.17. The first-order valence-corrected chi connectivity index (χ1v) is 15.5. The third-order valence-corrected chi connectivity index (χ3v) is 8.60. The molecule has 0 radical (unpaired) electrons. The molecule has 2 fully saturated rings. The van der Waals surface area contributed by atoms with Gasteiger partial charge in [0.1, 0.15) is 29.0 Å². The molecular formula is C33H42ClFN4O5. The van der Waals surface area contributed by atoms with Crippen LogP contribution < -0.4 is 0 Å². The number of azide groups is 1. The van der Waals surface area contributed by atoms with E-state index in [0.717, 1.165) is 18.4 Å². The summed E-state index contributed by atoms with van der Waals surface area (Å²) in [5, 5.41) is 4.59. The molecule has 1 amide bonds. The number of carbonyl (C=O) groups excluding carboxylic acids is 2. The standard InChI is InChI=1S/C33H42ClFN4O5/c1-32(2,3)44-31(41)39-25(20-43-33(39,4)5)13-14-26-23(7-6-8-27(26)35)19-28(40)30(37-38-36)29(22-15-17-42-18-16-22)21-9-11-24(34)12-10-21/h6-12,22,25,29-30H,13-20H2,1-5H3/t25-,29-,30+/m0/s1. The highest BCUT2D eigenvalue weighted by Gasteiger charge is 2.45. The monoisotopic (exact) mass is 628 g/mol. The van der Waals surface area contributed by atoms with Gasteiger partial charge in [-0.15, -0.1) is 0 Å². The van der Waals surface area contributed by atoms with E-state index in [-0.39, 0.29) is 43.1 Å². The topological polar surface area (TPSA) is 114 Å². The maximum Gasteiger partial charge on any atom is 0.412 e. The van der Waals surface area contributed by atoms with Crippen LogP contribution in [0, 0.1) is 11.7 Å². The Balaban J connectivity index is 1.58. The predicted octanol–water partition coefficient (Wildman–Crippen LogP) is 7.78. The number of benzene rings is 2. The van der Waals surface area contributed by atoms with Gasteiger partial charge in [0.25, 0.3) is 0 Å². The number of rotatable bonds is 10. The molecule has 2 heterocycles. The van der Waals surface area contributed by atoms with E-state index in [4.69, 9.17) is 25.8 Å². The molecular weight excluding hydrogens is 587 g/mol. The average Bonchev–Trinajstić information content (AvgIpc) is 3.27. The van der Waals surface area contributed by atoms with Crippen LogP contribution in [0.1, 0.15) is 76.5 Å². The van der Waals surface area contributed by atoms with Crippen molar-refractivity contribution in [1.82, 2.24) is 4.90 Å². The zero-order chi connectivity index (χ0) is 32.1. The quantitative estimate of drug-likeness (QED) is 0.151. The molecule has 2 aromatic carbocycles. The number of nitrogens with zero attached hydrogens (tertiary/aromatic N) is 4. The number of carbonyl (C=O) groups is 2. The first-order valence-electron chi connectivity index (χ1n) is 15.1. The van der Waals surface area contributed by atoms with Crippen LogP contribution >= 0.6 is 11.6 Å². The fourth-order valence-electron chi connectivity index (χ4n) is 6.29. The van der Waals surface area contributed by atoms with Crippen molar-refractivity contribution in [2.45, 2.75) is 96.1 Å². The minimum Gasteiger partial charge on any atom is -0.444 e. The third-order valence-electron chi connectivity index (χ3n) is 8.35. The lowest BCUT2D eigenvalue weighted by Gasteiger charge is -2.35. The molecule has 44 heavy (non-hydrogen) atoms. The lowest BCUT2D eigenvalue weighted by molar-refractivity contribution is -0.120. The zero-order valence-electron chi connectivity index (χ0n) is 26.1. The number of ether oxygens (including phenoxy) is 3. The van der Waals surface area contributed by atoms with Gasteiger partial charge in [-0.3, -0.25) is 9.69 Å². The largest absolute Gasteiger partial charge is 0.444 e. The lowest BCUT2D eigenvalue weighted by Crippen LogP contribution is -2.50. The Morgan fingerprint density at radius 3 is 2.50 bits per heavy atom. The number of hydrogen-bond acceptors (Lipinski definition) is 6. The Labute approximate surface area is 263 Å². The summed E-state index contributed by atoms with van der Waals surface area (Å²) in [5.41, 5.74) is 9.73. The minimum atomic E-state index is -0.993. The average molecular weight is 629 g/mol. The van der Waals surface area contributed by atoms with E-state index in [1.807, 2.05) is 12.1 Å².